The molecular weight excluding hydrogens is 598 g/mol. The number of fused-ring (bicyclic) bond motifs is 4. The Morgan fingerprint density at radius 2 is 1.91 bits per heavy atom. The number of pyridine rings is 2. The van der Waals surface area contributed by atoms with Crippen molar-refractivity contribution in [2.45, 2.75) is 59.7 Å². The molecule has 2 aliphatic rings. The van der Waals surface area contributed by atoms with Gasteiger partial charge in [0.1, 0.15) is 17.0 Å². The van der Waals surface area contributed by atoms with E-state index in [1.54, 1.807) is 38.7 Å². The highest BCUT2D eigenvalue weighted by atomic mass is 16.5. The maximum Gasteiger partial charge on any atom is 0.297 e. The van der Waals surface area contributed by atoms with Gasteiger partial charge in [-0.15, -0.1) is 5.10 Å². The molecule has 47 heavy (non-hydrogen) atoms. The van der Waals surface area contributed by atoms with Crippen molar-refractivity contribution in [2.24, 2.45) is 12.5 Å². The van der Waals surface area contributed by atoms with Gasteiger partial charge in [0.05, 0.1) is 25.5 Å². The Bertz CT molecular complexity index is 2140. The highest BCUT2D eigenvalue weighted by Crippen LogP contribution is 2.38. The molecule has 0 bridgehead atoms. The van der Waals surface area contributed by atoms with E-state index in [0.29, 0.717) is 46.1 Å². The number of anilines is 2. The minimum Gasteiger partial charge on any atom is -0.392 e. The first kappa shape index (κ1) is 31.0. The van der Waals surface area contributed by atoms with E-state index < -0.39 is 0 Å². The molecule has 0 unspecified atom stereocenters. The van der Waals surface area contributed by atoms with Gasteiger partial charge in [-0.05, 0) is 61.4 Å². The maximum absolute atomic E-state index is 13.9. The van der Waals surface area contributed by atoms with Gasteiger partial charge in [-0.3, -0.25) is 23.6 Å². The average Bonchev–Trinajstić information content (AvgIpc) is 3.70. The van der Waals surface area contributed by atoms with Crippen molar-refractivity contribution in [3.63, 3.8) is 0 Å². The van der Waals surface area contributed by atoms with Crippen LogP contribution < -0.4 is 16.4 Å². The highest BCUT2D eigenvalue weighted by molar-refractivity contribution is 5.73. The van der Waals surface area contributed by atoms with Crippen LogP contribution in [0, 0.1) is 12.3 Å². The molecule has 6 heterocycles. The second kappa shape index (κ2) is 11.6. The number of aryl methyl sites for hydroxylation is 2. The molecule has 0 aromatic carbocycles. The van der Waals surface area contributed by atoms with Crippen LogP contribution in [0.5, 0.6) is 0 Å². The Labute approximate surface area is 272 Å². The van der Waals surface area contributed by atoms with Crippen LogP contribution in [0.4, 0.5) is 11.5 Å². The summed E-state index contributed by atoms with van der Waals surface area (Å²) in [6.07, 6.45) is 5.07. The van der Waals surface area contributed by atoms with Crippen molar-refractivity contribution in [3.8, 4) is 16.9 Å². The number of hydrogen-bond donors (Lipinski definition) is 2. The number of nitrogens with zero attached hydrogens (tertiary/aromatic N) is 8. The zero-order chi connectivity index (χ0) is 33.2. The van der Waals surface area contributed by atoms with E-state index in [1.807, 2.05) is 28.1 Å². The van der Waals surface area contributed by atoms with Crippen molar-refractivity contribution >= 4 is 17.0 Å². The Kier molecular flexibility index (Phi) is 7.65. The fourth-order valence-corrected chi connectivity index (χ4v) is 7.30. The van der Waals surface area contributed by atoms with E-state index in [9.17, 15) is 14.7 Å². The SMILES string of the molecule is COCCN1CCn2nc(Nc3cc(-c4ccnc(-n5nc(C)n6c7c(cc6c5=O)CC(C)(C)C7)c4CO)cn(C)c3=O)cc2[C@@H]1C. The second-order valence-corrected chi connectivity index (χ2v) is 13.5. The summed E-state index contributed by atoms with van der Waals surface area (Å²) in [5.41, 5.74) is 5.58. The molecule has 13 nitrogen and oxygen atoms in total. The van der Waals surface area contributed by atoms with E-state index in [2.05, 4.69) is 41.1 Å². The number of aliphatic hydroxyl groups excluding tert-OH is 1. The number of methoxy groups -OCH3 is 1. The highest BCUT2D eigenvalue weighted by Gasteiger charge is 2.33. The van der Waals surface area contributed by atoms with Gasteiger partial charge in [0.2, 0.25) is 0 Å². The summed E-state index contributed by atoms with van der Waals surface area (Å²) in [5, 5.41) is 23.3. The summed E-state index contributed by atoms with van der Waals surface area (Å²) in [6, 6.07) is 7.62. The van der Waals surface area contributed by atoms with Crippen molar-refractivity contribution in [1.82, 2.24) is 38.4 Å². The van der Waals surface area contributed by atoms with Gasteiger partial charge in [0.15, 0.2) is 11.6 Å². The van der Waals surface area contributed by atoms with E-state index in [0.717, 1.165) is 43.9 Å². The van der Waals surface area contributed by atoms with Crippen LogP contribution in [-0.4, -0.2) is 70.3 Å². The molecule has 0 saturated carbocycles. The number of hydrogen-bond acceptors (Lipinski definition) is 9. The molecule has 5 aromatic heterocycles. The molecule has 0 fully saturated rings. The molecule has 0 amide bonds. The zero-order valence-electron chi connectivity index (χ0n) is 27.7. The topological polar surface area (TPSA) is 137 Å². The van der Waals surface area contributed by atoms with Crippen LogP contribution in [0.2, 0.25) is 0 Å². The fourth-order valence-electron chi connectivity index (χ4n) is 7.30. The molecule has 0 radical (unpaired) electrons. The summed E-state index contributed by atoms with van der Waals surface area (Å²) in [7, 11) is 3.39. The summed E-state index contributed by atoms with van der Waals surface area (Å²) in [6.45, 7) is 11.2. The van der Waals surface area contributed by atoms with E-state index >= 15 is 0 Å². The predicted octanol–water partition coefficient (Wildman–Crippen LogP) is 3.13. The third kappa shape index (κ3) is 5.28. The van der Waals surface area contributed by atoms with Crippen molar-refractivity contribution in [1.29, 1.82) is 0 Å². The monoisotopic (exact) mass is 639 g/mol. The minimum absolute atomic E-state index is 0.136. The Morgan fingerprint density at radius 1 is 1.11 bits per heavy atom. The zero-order valence-corrected chi connectivity index (χ0v) is 27.7. The lowest BCUT2D eigenvalue weighted by molar-refractivity contribution is 0.104. The van der Waals surface area contributed by atoms with Gasteiger partial charge in [0.25, 0.3) is 11.1 Å². The van der Waals surface area contributed by atoms with Crippen LogP contribution in [0.15, 0.2) is 46.2 Å². The van der Waals surface area contributed by atoms with Gasteiger partial charge in [0, 0.05) is 68.6 Å². The molecule has 13 heteroatoms. The van der Waals surface area contributed by atoms with Crippen LogP contribution in [0.3, 0.4) is 0 Å². The number of ether oxygens (including phenoxy) is 1. The quantitative estimate of drug-likeness (QED) is 0.262. The molecule has 1 atom stereocenters. The Morgan fingerprint density at radius 3 is 2.68 bits per heavy atom. The molecule has 0 saturated heterocycles. The van der Waals surface area contributed by atoms with E-state index in [-0.39, 0.29) is 35.0 Å². The van der Waals surface area contributed by atoms with Gasteiger partial charge in [-0.25, -0.2) is 4.98 Å². The Hall–Kier alpha value is -4.59. The summed E-state index contributed by atoms with van der Waals surface area (Å²) in [5.74, 6) is 1.50. The summed E-state index contributed by atoms with van der Waals surface area (Å²) >= 11 is 0. The lowest BCUT2D eigenvalue weighted by Crippen LogP contribution is -2.38. The first-order valence-corrected chi connectivity index (χ1v) is 16.0. The molecule has 7 rings (SSSR count). The van der Waals surface area contributed by atoms with Crippen LogP contribution in [-0.2, 0) is 37.8 Å². The van der Waals surface area contributed by atoms with Crippen LogP contribution in [0.25, 0.3) is 22.5 Å². The van der Waals surface area contributed by atoms with E-state index in [4.69, 9.17) is 9.84 Å². The van der Waals surface area contributed by atoms with Gasteiger partial charge in [-0.2, -0.15) is 9.78 Å². The minimum atomic E-state index is -0.389. The van der Waals surface area contributed by atoms with Gasteiger partial charge < -0.3 is 19.7 Å². The normalized spacial score (nSPS) is 17.3. The van der Waals surface area contributed by atoms with Crippen molar-refractivity contribution in [3.05, 3.63) is 85.7 Å². The molecule has 0 spiro atoms. The Balaban J connectivity index is 1.26. The maximum atomic E-state index is 13.9. The van der Waals surface area contributed by atoms with E-state index in [1.165, 1.54) is 14.8 Å². The summed E-state index contributed by atoms with van der Waals surface area (Å²) in [4.78, 5) is 34.1. The predicted molar refractivity (Wildman–Crippen MR) is 178 cm³/mol. The molecule has 1 aliphatic heterocycles. The lowest BCUT2D eigenvalue weighted by Gasteiger charge is -2.33. The number of aromatic nitrogens is 7. The summed E-state index contributed by atoms with van der Waals surface area (Å²) < 4.78 is 12.0. The van der Waals surface area contributed by atoms with Crippen molar-refractivity contribution in [2.75, 3.05) is 32.1 Å². The first-order chi connectivity index (χ1) is 22.5. The second-order valence-electron chi connectivity index (χ2n) is 13.5. The third-order valence-corrected chi connectivity index (χ3v) is 9.60. The number of aliphatic hydroxyl groups is 1. The van der Waals surface area contributed by atoms with Crippen LogP contribution >= 0.6 is 0 Å². The average molecular weight is 640 g/mol. The largest absolute Gasteiger partial charge is 0.392 e. The smallest absolute Gasteiger partial charge is 0.297 e. The number of rotatable bonds is 8. The first-order valence-electron chi connectivity index (χ1n) is 16.0. The van der Waals surface area contributed by atoms with Crippen LogP contribution in [0.1, 0.15) is 55.2 Å². The molecule has 1 aliphatic carbocycles. The molecule has 5 aromatic rings. The van der Waals surface area contributed by atoms with Gasteiger partial charge in [-0.1, -0.05) is 13.8 Å². The van der Waals surface area contributed by atoms with Gasteiger partial charge >= 0.3 is 0 Å². The molecule has 246 valence electrons. The van der Waals surface area contributed by atoms with Crippen molar-refractivity contribution < 1.29 is 9.84 Å². The molecule has 2 N–H and O–H groups in total. The lowest BCUT2D eigenvalue weighted by atomic mass is 9.90. The number of nitrogens with one attached hydrogen (secondary N) is 1. The fraction of sp³-hybridized carbons (Fsp3) is 0.441. The third-order valence-electron chi connectivity index (χ3n) is 9.60. The standard InChI is InChI=1S/C34H41N9O4/c1-20-27-15-30(38-41(27)10-9-40(20)11-12-47-6)36-26-13-23(18-39(5)32(26)45)24-7-8-35-31(25(24)19-44)43-33(46)28-14-22-16-34(3,4)17-29(22)42(28)21(2)37-43/h7-8,13-15,18,20,44H,9-12,16-17,19H2,1-6H3,(H,36,38)/t20-/m0/s1. The molecular formula is C34H41N9O4.